The predicted octanol–water partition coefficient (Wildman–Crippen LogP) is 3.35. The van der Waals surface area contributed by atoms with E-state index in [2.05, 4.69) is 14.9 Å². The zero-order chi connectivity index (χ0) is 19.7. The van der Waals surface area contributed by atoms with Crippen LogP contribution in [0.2, 0.25) is 15.1 Å². The van der Waals surface area contributed by atoms with Crippen molar-refractivity contribution in [3.8, 4) is 5.69 Å². The second kappa shape index (κ2) is 8.59. The van der Waals surface area contributed by atoms with Crippen LogP contribution in [0, 0.1) is 5.92 Å². The van der Waals surface area contributed by atoms with Gasteiger partial charge in [0.25, 0.3) is 5.56 Å². The molecule has 3 heterocycles. The molecule has 6 nitrogen and oxygen atoms in total. The molecule has 0 bridgehead atoms. The van der Waals surface area contributed by atoms with Crippen LogP contribution in [-0.4, -0.2) is 60.6 Å². The first-order chi connectivity index (χ1) is 13.5. The summed E-state index contributed by atoms with van der Waals surface area (Å²) in [5, 5.41) is 4.71. The molecule has 28 heavy (non-hydrogen) atoms. The molecule has 0 amide bonds. The number of hydrogen-bond acceptors (Lipinski definition) is 5. The van der Waals surface area contributed by atoms with E-state index in [4.69, 9.17) is 39.5 Å². The van der Waals surface area contributed by atoms with E-state index >= 15 is 0 Å². The molecule has 4 rings (SSSR count). The van der Waals surface area contributed by atoms with Gasteiger partial charge in [0, 0.05) is 39.3 Å². The average molecular weight is 444 g/mol. The Balaban J connectivity index is 1.45. The van der Waals surface area contributed by atoms with Crippen LogP contribution >= 0.6 is 34.8 Å². The van der Waals surface area contributed by atoms with Crippen molar-refractivity contribution in [2.75, 3.05) is 50.8 Å². The maximum absolute atomic E-state index is 12.3. The summed E-state index contributed by atoms with van der Waals surface area (Å²) in [5.41, 5.74) is 1.04. The fraction of sp³-hybridized carbons (Fsp3) is 0.474. The van der Waals surface area contributed by atoms with Crippen LogP contribution in [0.5, 0.6) is 0 Å². The minimum atomic E-state index is -0.470. The van der Waals surface area contributed by atoms with E-state index in [1.807, 2.05) is 12.1 Å². The summed E-state index contributed by atoms with van der Waals surface area (Å²) in [5.74, 6) is 0.659. The molecule has 1 unspecified atom stereocenters. The smallest absolute Gasteiger partial charge is 0.291 e. The van der Waals surface area contributed by atoms with Crippen LogP contribution in [-0.2, 0) is 4.74 Å². The molecule has 0 saturated carbocycles. The largest absolute Gasteiger partial charge is 0.381 e. The van der Waals surface area contributed by atoms with E-state index in [-0.39, 0.29) is 10.0 Å². The molecule has 150 valence electrons. The minimum Gasteiger partial charge on any atom is -0.381 e. The van der Waals surface area contributed by atoms with Crippen LogP contribution in [0.4, 0.5) is 5.69 Å². The minimum absolute atomic E-state index is 0.0550. The fourth-order valence-electron chi connectivity index (χ4n) is 3.74. The third-order valence-electron chi connectivity index (χ3n) is 5.31. The zero-order valence-corrected chi connectivity index (χ0v) is 17.6. The van der Waals surface area contributed by atoms with Crippen LogP contribution in [0.25, 0.3) is 5.69 Å². The number of halogens is 3. The van der Waals surface area contributed by atoms with Crippen molar-refractivity contribution in [3.05, 3.63) is 49.8 Å². The maximum Gasteiger partial charge on any atom is 0.291 e. The molecular weight excluding hydrogens is 423 g/mol. The van der Waals surface area contributed by atoms with Crippen molar-refractivity contribution in [1.82, 2.24) is 14.7 Å². The van der Waals surface area contributed by atoms with E-state index < -0.39 is 5.56 Å². The van der Waals surface area contributed by atoms with Crippen molar-refractivity contribution in [3.63, 3.8) is 0 Å². The highest BCUT2D eigenvalue weighted by Gasteiger charge is 2.24. The number of rotatable bonds is 4. The van der Waals surface area contributed by atoms with Gasteiger partial charge in [-0.15, -0.1) is 0 Å². The summed E-state index contributed by atoms with van der Waals surface area (Å²) in [7, 11) is 0. The van der Waals surface area contributed by atoms with E-state index in [0.29, 0.717) is 16.6 Å². The molecule has 2 aliphatic heterocycles. The Labute approximate surface area is 178 Å². The molecule has 9 heteroatoms. The normalized spacial score (nSPS) is 20.7. The Morgan fingerprint density at radius 2 is 1.89 bits per heavy atom. The molecule has 1 aromatic heterocycles. The number of nitrogens with zero attached hydrogens (tertiary/aromatic N) is 4. The van der Waals surface area contributed by atoms with Gasteiger partial charge in [-0.2, -0.15) is 9.78 Å². The average Bonchev–Trinajstić information content (AvgIpc) is 3.20. The van der Waals surface area contributed by atoms with E-state index in [1.54, 1.807) is 6.07 Å². The molecule has 0 aliphatic carbocycles. The summed E-state index contributed by atoms with van der Waals surface area (Å²) in [4.78, 5) is 17.1. The molecular formula is C19H21Cl3N4O2. The highest BCUT2D eigenvalue weighted by atomic mass is 35.5. The van der Waals surface area contributed by atoms with E-state index in [0.717, 1.165) is 58.0 Å². The van der Waals surface area contributed by atoms with Gasteiger partial charge in [-0.3, -0.25) is 9.69 Å². The van der Waals surface area contributed by atoms with Crippen molar-refractivity contribution >= 4 is 40.5 Å². The zero-order valence-electron chi connectivity index (χ0n) is 15.3. The van der Waals surface area contributed by atoms with Crippen LogP contribution in [0.3, 0.4) is 0 Å². The van der Waals surface area contributed by atoms with Gasteiger partial charge in [-0.1, -0.05) is 34.8 Å². The van der Waals surface area contributed by atoms with Gasteiger partial charge in [-0.05, 0) is 30.5 Å². The van der Waals surface area contributed by atoms with Crippen LogP contribution in [0.1, 0.15) is 6.42 Å². The second-order valence-corrected chi connectivity index (χ2v) is 8.37. The highest BCUT2D eigenvalue weighted by Crippen LogP contribution is 2.29. The highest BCUT2D eigenvalue weighted by molar-refractivity contribution is 6.41. The summed E-state index contributed by atoms with van der Waals surface area (Å²) < 4.78 is 6.68. The van der Waals surface area contributed by atoms with Crippen molar-refractivity contribution in [1.29, 1.82) is 0 Å². The number of anilines is 1. The number of benzene rings is 1. The van der Waals surface area contributed by atoms with Crippen molar-refractivity contribution < 1.29 is 4.74 Å². The summed E-state index contributed by atoms with van der Waals surface area (Å²) in [6.07, 6.45) is 2.51. The number of hydrogen-bond donors (Lipinski definition) is 0. The van der Waals surface area contributed by atoms with E-state index in [1.165, 1.54) is 10.9 Å². The Bertz CT molecular complexity index is 907. The lowest BCUT2D eigenvalue weighted by Gasteiger charge is -2.37. The lowest BCUT2D eigenvalue weighted by atomic mass is 10.1. The van der Waals surface area contributed by atoms with Crippen LogP contribution in [0.15, 0.2) is 29.2 Å². The van der Waals surface area contributed by atoms with Gasteiger partial charge in [0.15, 0.2) is 0 Å². The first-order valence-corrected chi connectivity index (χ1v) is 10.4. The number of piperazine rings is 1. The third-order valence-corrected chi connectivity index (χ3v) is 6.36. The van der Waals surface area contributed by atoms with Gasteiger partial charge >= 0.3 is 0 Å². The lowest BCUT2D eigenvalue weighted by Crippen LogP contribution is -2.48. The van der Waals surface area contributed by atoms with Gasteiger partial charge in [-0.25, -0.2) is 0 Å². The van der Waals surface area contributed by atoms with Gasteiger partial charge in [0.2, 0.25) is 0 Å². The quantitative estimate of drug-likeness (QED) is 0.725. The van der Waals surface area contributed by atoms with Crippen LogP contribution < -0.4 is 10.5 Å². The molecule has 1 aromatic carbocycles. The summed E-state index contributed by atoms with van der Waals surface area (Å²) in [6, 6.07) is 5.48. The standard InChI is InChI=1S/C19H21Cl3N4O2/c20-15-9-14(26-19(27)18(22)16(21)10-23-26)1-2-17(15)25-6-4-24(5-7-25)11-13-3-8-28-12-13/h1-2,9-10,13H,3-8,11-12H2. The van der Waals surface area contributed by atoms with E-state index in [9.17, 15) is 4.79 Å². The molecule has 2 saturated heterocycles. The predicted molar refractivity (Wildman–Crippen MR) is 112 cm³/mol. The van der Waals surface area contributed by atoms with Gasteiger partial charge in [0.1, 0.15) is 5.02 Å². The maximum atomic E-state index is 12.3. The fourth-order valence-corrected chi connectivity index (χ4v) is 4.29. The van der Waals surface area contributed by atoms with Crippen molar-refractivity contribution in [2.45, 2.75) is 6.42 Å². The SMILES string of the molecule is O=c1c(Cl)c(Cl)cnn1-c1ccc(N2CCN(CC3CCOC3)CC2)c(Cl)c1. The Kier molecular flexibility index (Phi) is 6.13. The number of aromatic nitrogens is 2. The van der Waals surface area contributed by atoms with Crippen molar-refractivity contribution in [2.24, 2.45) is 5.92 Å². The second-order valence-electron chi connectivity index (χ2n) is 7.18. The Morgan fingerprint density at radius 3 is 2.57 bits per heavy atom. The lowest BCUT2D eigenvalue weighted by molar-refractivity contribution is 0.164. The Morgan fingerprint density at radius 1 is 1.11 bits per heavy atom. The topological polar surface area (TPSA) is 50.6 Å². The molecule has 0 N–H and O–H groups in total. The number of ether oxygens (including phenoxy) is 1. The molecule has 2 fully saturated rings. The summed E-state index contributed by atoms with van der Waals surface area (Å²) >= 11 is 18.3. The molecule has 2 aliphatic rings. The first-order valence-electron chi connectivity index (χ1n) is 9.31. The molecule has 0 spiro atoms. The molecule has 2 aromatic rings. The first kappa shape index (κ1) is 20.0. The van der Waals surface area contributed by atoms with Gasteiger partial charge < -0.3 is 9.64 Å². The van der Waals surface area contributed by atoms with Gasteiger partial charge in [0.05, 0.1) is 34.2 Å². The molecule has 0 radical (unpaired) electrons. The summed E-state index contributed by atoms with van der Waals surface area (Å²) in [6.45, 7) is 6.71. The monoisotopic (exact) mass is 442 g/mol. The Hall–Kier alpha value is -1.31. The third kappa shape index (κ3) is 4.16. The molecule has 1 atom stereocenters.